The van der Waals surface area contributed by atoms with Crippen LogP contribution in [0.25, 0.3) is 0 Å². The van der Waals surface area contributed by atoms with Crippen LogP contribution >= 0.6 is 11.8 Å². The van der Waals surface area contributed by atoms with Crippen LogP contribution < -0.4 is 5.32 Å². The second-order valence-corrected chi connectivity index (χ2v) is 9.50. The van der Waals surface area contributed by atoms with E-state index in [2.05, 4.69) is 6.92 Å². The zero-order valence-electron chi connectivity index (χ0n) is 20.5. The minimum absolute atomic E-state index is 0.0724. The third-order valence-corrected chi connectivity index (χ3v) is 6.12. The van der Waals surface area contributed by atoms with Crippen LogP contribution in [-0.4, -0.2) is 54.6 Å². The van der Waals surface area contributed by atoms with Gasteiger partial charge in [0.1, 0.15) is 6.04 Å². The van der Waals surface area contributed by atoms with Crippen molar-refractivity contribution in [2.24, 2.45) is 0 Å². The summed E-state index contributed by atoms with van der Waals surface area (Å²) in [5.41, 5.74) is 0. The first kappa shape index (κ1) is 33.8. The Balaban J connectivity index is 4.39. The largest absolute Gasteiger partial charge is 0.464 e. The topological polar surface area (TPSA) is 55.4 Å². The van der Waals surface area contributed by atoms with Crippen molar-refractivity contribution < 1.29 is 45.1 Å². The minimum atomic E-state index is -6.64. The molecule has 12 heteroatoms. The van der Waals surface area contributed by atoms with Crippen LogP contribution in [0.3, 0.4) is 0 Å². The van der Waals surface area contributed by atoms with Gasteiger partial charge >= 0.3 is 24.0 Å². The molecule has 0 radical (unpaired) electrons. The summed E-state index contributed by atoms with van der Waals surface area (Å²) >= 11 is 1.16. The molecule has 0 aliphatic rings. The normalized spacial score (nSPS) is 13.5. The molecule has 1 atom stereocenters. The molecule has 1 amide bonds. The number of halogens is 7. The highest BCUT2D eigenvalue weighted by molar-refractivity contribution is 7.98. The zero-order valence-corrected chi connectivity index (χ0v) is 21.3. The van der Waals surface area contributed by atoms with Gasteiger partial charge in [0, 0.05) is 0 Å². The lowest BCUT2D eigenvalue weighted by Gasteiger charge is -2.28. The maximum absolute atomic E-state index is 13.6. The van der Waals surface area contributed by atoms with Crippen LogP contribution in [0.15, 0.2) is 0 Å². The SMILES string of the molecule is CCCCCCCCCCCCCCOC(=O)C(CCSC)NC(=O)C(F)(F)C(F)(F)C(F)(F)F. The highest BCUT2D eigenvalue weighted by Crippen LogP contribution is 2.46. The molecule has 1 N–H and O–H groups in total. The van der Waals surface area contributed by atoms with Crippen LogP contribution in [0.4, 0.5) is 30.7 Å². The summed E-state index contributed by atoms with van der Waals surface area (Å²) in [6.45, 7) is 2.10. The number of thioether (sulfide) groups is 1. The van der Waals surface area contributed by atoms with E-state index in [0.717, 1.165) is 43.9 Å². The molecule has 0 aliphatic heterocycles. The molecule has 208 valence electrons. The van der Waals surface area contributed by atoms with Gasteiger partial charge in [0.05, 0.1) is 6.61 Å². The van der Waals surface area contributed by atoms with Gasteiger partial charge in [-0.2, -0.15) is 42.5 Å². The predicted molar refractivity (Wildman–Crippen MR) is 123 cm³/mol. The number of hydrogen-bond acceptors (Lipinski definition) is 4. The number of esters is 1. The Morgan fingerprint density at radius 2 is 1.26 bits per heavy atom. The Kier molecular flexibility index (Phi) is 16.7. The Hall–Kier alpha value is -1.20. The second kappa shape index (κ2) is 17.3. The number of rotatable bonds is 20. The van der Waals surface area contributed by atoms with Crippen molar-refractivity contribution >= 4 is 23.6 Å². The first-order chi connectivity index (χ1) is 16.3. The Morgan fingerprint density at radius 1 is 0.800 bits per heavy atom. The lowest BCUT2D eigenvalue weighted by molar-refractivity contribution is -0.344. The summed E-state index contributed by atoms with van der Waals surface area (Å²) in [5.74, 6) is -16.6. The van der Waals surface area contributed by atoms with Crippen molar-refractivity contribution in [2.45, 2.75) is 114 Å². The predicted octanol–water partition coefficient (Wildman–Crippen LogP) is 7.30. The van der Waals surface area contributed by atoms with Crippen LogP contribution in [0.1, 0.15) is 90.4 Å². The number of alkyl halides is 7. The number of nitrogens with one attached hydrogen (secondary N) is 1. The van der Waals surface area contributed by atoms with E-state index in [1.165, 1.54) is 43.8 Å². The molecule has 0 bridgehead atoms. The molecule has 0 heterocycles. The van der Waals surface area contributed by atoms with Crippen LogP contribution in [-0.2, 0) is 14.3 Å². The summed E-state index contributed by atoms with van der Waals surface area (Å²) in [6, 6.07) is -1.76. The average molecular weight is 542 g/mol. The van der Waals surface area contributed by atoms with Crippen molar-refractivity contribution in [3.8, 4) is 0 Å². The lowest BCUT2D eigenvalue weighted by Crippen LogP contribution is -2.61. The molecule has 0 fully saturated rings. The van der Waals surface area contributed by atoms with Gasteiger partial charge in [-0.1, -0.05) is 77.6 Å². The van der Waals surface area contributed by atoms with Gasteiger partial charge in [0.25, 0.3) is 5.91 Å². The maximum atomic E-state index is 13.6. The molecule has 35 heavy (non-hydrogen) atoms. The van der Waals surface area contributed by atoms with Crippen molar-refractivity contribution in [2.75, 3.05) is 18.6 Å². The van der Waals surface area contributed by atoms with E-state index in [1.807, 2.05) is 0 Å². The number of amides is 1. The molecule has 0 saturated heterocycles. The van der Waals surface area contributed by atoms with Crippen LogP contribution in [0.5, 0.6) is 0 Å². The smallest absolute Gasteiger partial charge is 0.460 e. The number of carbonyl (C=O) groups is 2. The van der Waals surface area contributed by atoms with E-state index < -0.39 is 35.9 Å². The van der Waals surface area contributed by atoms with E-state index >= 15 is 0 Å². The molecule has 0 spiro atoms. The van der Waals surface area contributed by atoms with E-state index in [1.54, 1.807) is 6.26 Å². The third kappa shape index (κ3) is 12.5. The van der Waals surface area contributed by atoms with Gasteiger partial charge in [-0.05, 0) is 24.9 Å². The third-order valence-electron chi connectivity index (χ3n) is 5.48. The lowest BCUT2D eigenvalue weighted by atomic mass is 10.1. The standard InChI is InChI=1S/C23H38F7NO3S/c1-3-4-5-6-7-8-9-10-11-12-13-14-16-34-19(32)18(15-17-35-2)31-20(33)21(24,25)22(26,27)23(28,29)30/h18H,3-17H2,1-2H3,(H,31,33). The van der Waals surface area contributed by atoms with Crippen molar-refractivity contribution in [1.82, 2.24) is 5.32 Å². The molecule has 0 aliphatic carbocycles. The van der Waals surface area contributed by atoms with Gasteiger partial charge in [0.15, 0.2) is 0 Å². The number of hydrogen-bond donors (Lipinski definition) is 1. The molecule has 0 aromatic heterocycles. The van der Waals surface area contributed by atoms with E-state index in [0.29, 0.717) is 6.42 Å². The molecule has 0 aromatic rings. The van der Waals surface area contributed by atoms with E-state index in [4.69, 9.17) is 4.74 Å². The molecule has 0 aromatic carbocycles. The Labute approximate surface area is 207 Å². The number of carbonyl (C=O) groups excluding carboxylic acids is 2. The Bertz CT molecular complexity index is 604. The fourth-order valence-corrected chi connectivity index (χ4v) is 3.74. The summed E-state index contributed by atoms with van der Waals surface area (Å²) < 4.78 is 95.1. The summed E-state index contributed by atoms with van der Waals surface area (Å²) in [4.78, 5) is 23.7. The molecule has 0 rings (SSSR count). The highest BCUT2D eigenvalue weighted by Gasteiger charge is 2.76. The summed E-state index contributed by atoms with van der Waals surface area (Å²) in [5, 5.41) is 1.31. The number of unbranched alkanes of at least 4 members (excludes halogenated alkanes) is 11. The van der Waals surface area contributed by atoms with Gasteiger partial charge in [-0.25, -0.2) is 4.79 Å². The fraction of sp³-hybridized carbons (Fsp3) is 0.913. The molecular weight excluding hydrogens is 503 g/mol. The first-order valence-electron chi connectivity index (χ1n) is 12.1. The fourth-order valence-electron chi connectivity index (χ4n) is 3.27. The van der Waals surface area contributed by atoms with E-state index in [9.17, 15) is 40.3 Å². The van der Waals surface area contributed by atoms with Gasteiger partial charge in [0.2, 0.25) is 0 Å². The minimum Gasteiger partial charge on any atom is -0.464 e. The quantitative estimate of drug-likeness (QED) is 0.0998. The van der Waals surface area contributed by atoms with Crippen molar-refractivity contribution in [3.63, 3.8) is 0 Å². The maximum Gasteiger partial charge on any atom is 0.460 e. The molecule has 1 unspecified atom stereocenters. The summed E-state index contributed by atoms with van der Waals surface area (Å²) in [6.07, 6.45) is 7.62. The van der Waals surface area contributed by atoms with Crippen molar-refractivity contribution in [1.29, 1.82) is 0 Å². The first-order valence-corrected chi connectivity index (χ1v) is 13.5. The van der Waals surface area contributed by atoms with Gasteiger partial charge in [-0.3, -0.25) is 4.79 Å². The van der Waals surface area contributed by atoms with Crippen molar-refractivity contribution in [3.05, 3.63) is 0 Å². The zero-order chi connectivity index (χ0) is 27.0. The second-order valence-electron chi connectivity index (χ2n) is 8.51. The average Bonchev–Trinajstić information content (AvgIpc) is 2.78. The van der Waals surface area contributed by atoms with Crippen LogP contribution in [0.2, 0.25) is 0 Å². The van der Waals surface area contributed by atoms with E-state index in [-0.39, 0.29) is 18.8 Å². The number of ether oxygens (including phenoxy) is 1. The van der Waals surface area contributed by atoms with Gasteiger partial charge < -0.3 is 10.1 Å². The molecular formula is C23H38F7NO3S. The van der Waals surface area contributed by atoms with Crippen LogP contribution in [0, 0.1) is 0 Å². The Morgan fingerprint density at radius 3 is 1.69 bits per heavy atom. The highest BCUT2D eigenvalue weighted by atomic mass is 32.2. The monoisotopic (exact) mass is 541 g/mol. The molecule has 0 saturated carbocycles. The molecule has 4 nitrogen and oxygen atoms in total. The summed E-state index contributed by atoms with van der Waals surface area (Å²) in [7, 11) is 0. The van der Waals surface area contributed by atoms with Gasteiger partial charge in [-0.15, -0.1) is 0 Å².